The number of rotatable bonds is 7. The van der Waals surface area contributed by atoms with Crippen molar-refractivity contribution in [3.05, 3.63) is 92.1 Å². The first-order valence-corrected chi connectivity index (χ1v) is 11.4. The van der Waals surface area contributed by atoms with E-state index in [0.29, 0.717) is 30.8 Å². The summed E-state index contributed by atoms with van der Waals surface area (Å²) in [5, 5.41) is 2.19. The monoisotopic (exact) mass is 522 g/mol. The molecule has 0 bridgehead atoms. The van der Waals surface area contributed by atoms with Gasteiger partial charge in [0.15, 0.2) is 0 Å². The number of alkyl carbamates (subject to hydrolysis) is 1. The van der Waals surface area contributed by atoms with E-state index >= 15 is 0 Å². The van der Waals surface area contributed by atoms with Crippen LogP contribution in [0.25, 0.3) is 5.69 Å². The lowest BCUT2D eigenvalue weighted by molar-refractivity contribution is 0.0828. The summed E-state index contributed by atoms with van der Waals surface area (Å²) in [4.78, 5) is 24.9. The Morgan fingerprint density at radius 3 is 2.61 bits per heavy atom. The number of amides is 1. The lowest BCUT2D eigenvalue weighted by atomic mass is 10.1. The molecule has 1 aliphatic rings. The molecular formula is C25H22ClF3N2O5. The van der Waals surface area contributed by atoms with Crippen LogP contribution in [0.2, 0.25) is 5.02 Å². The van der Waals surface area contributed by atoms with Gasteiger partial charge in [-0.1, -0.05) is 23.7 Å². The number of para-hydroxylation sites is 1. The SMILES string of the molecule is Cc1cc(OCc2ccc(F)cc2CNC(=O)OC2CCOC2)c(Cl)c(=O)n1-c1c(F)cccc1F. The lowest BCUT2D eigenvalue weighted by Gasteiger charge is -2.17. The average molecular weight is 523 g/mol. The number of benzene rings is 2. The van der Waals surface area contributed by atoms with Crippen molar-refractivity contribution >= 4 is 17.7 Å². The van der Waals surface area contributed by atoms with Gasteiger partial charge in [0.05, 0.1) is 13.2 Å². The Morgan fingerprint density at radius 2 is 1.92 bits per heavy atom. The Bertz CT molecular complexity index is 1320. The van der Waals surface area contributed by atoms with Crippen LogP contribution in [0, 0.1) is 24.4 Å². The van der Waals surface area contributed by atoms with Crippen LogP contribution < -0.4 is 15.6 Å². The van der Waals surface area contributed by atoms with Crippen LogP contribution in [0.3, 0.4) is 0 Å². The second kappa shape index (κ2) is 11.0. The van der Waals surface area contributed by atoms with Gasteiger partial charge >= 0.3 is 6.09 Å². The zero-order valence-electron chi connectivity index (χ0n) is 19.2. The van der Waals surface area contributed by atoms with E-state index in [1.54, 1.807) is 0 Å². The minimum Gasteiger partial charge on any atom is -0.487 e. The highest BCUT2D eigenvalue weighted by atomic mass is 35.5. The molecule has 1 unspecified atom stereocenters. The fraction of sp³-hybridized carbons (Fsp3) is 0.280. The lowest BCUT2D eigenvalue weighted by Crippen LogP contribution is -2.29. The predicted molar refractivity (Wildman–Crippen MR) is 125 cm³/mol. The number of ether oxygens (including phenoxy) is 3. The molecule has 1 aliphatic heterocycles. The highest BCUT2D eigenvalue weighted by molar-refractivity contribution is 6.31. The van der Waals surface area contributed by atoms with Crippen molar-refractivity contribution in [1.82, 2.24) is 9.88 Å². The fourth-order valence-electron chi connectivity index (χ4n) is 3.79. The van der Waals surface area contributed by atoms with Gasteiger partial charge in [-0.15, -0.1) is 0 Å². The summed E-state index contributed by atoms with van der Waals surface area (Å²) in [5.74, 6) is -2.38. The first-order chi connectivity index (χ1) is 17.2. The molecule has 11 heteroatoms. The van der Waals surface area contributed by atoms with Crippen LogP contribution in [-0.4, -0.2) is 30.0 Å². The van der Waals surface area contributed by atoms with E-state index in [9.17, 15) is 22.8 Å². The van der Waals surface area contributed by atoms with E-state index in [1.165, 1.54) is 37.3 Å². The summed E-state index contributed by atoms with van der Waals surface area (Å²) >= 11 is 6.19. The summed E-state index contributed by atoms with van der Waals surface area (Å²) < 4.78 is 59.3. The van der Waals surface area contributed by atoms with Crippen LogP contribution >= 0.6 is 11.6 Å². The summed E-state index contributed by atoms with van der Waals surface area (Å²) in [6.45, 7) is 2.16. The third-order valence-corrected chi connectivity index (χ3v) is 5.95. The Hall–Kier alpha value is -3.50. The summed E-state index contributed by atoms with van der Waals surface area (Å²) in [5.41, 5.74) is -0.294. The van der Waals surface area contributed by atoms with E-state index in [0.717, 1.165) is 16.7 Å². The van der Waals surface area contributed by atoms with Crippen molar-refractivity contribution in [2.24, 2.45) is 0 Å². The maximum Gasteiger partial charge on any atom is 0.407 e. The van der Waals surface area contributed by atoms with Gasteiger partial charge in [0.25, 0.3) is 5.56 Å². The van der Waals surface area contributed by atoms with Crippen molar-refractivity contribution in [3.8, 4) is 11.4 Å². The molecule has 0 saturated carbocycles. The summed E-state index contributed by atoms with van der Waals surface area (Å²) in [7, 11) is 0. The van der Waals surface area contributed by atoms with Crippen molar-refractivity contribution in [3.63, 3.8) is 0 Å². The number of carbonyl (C=O) groups excluding carboxylic acids is 1. The number of pyridine rings is 1. The zero-order valence-corrected chi connectivity index (χ0v) is 19.9. The van der Waals surface area contributed by atoms with E-state index in [-0.39, 0.29) is 35.7 Å². The second-order valence-corrected chi connectivity index (χ2v) is 8.50. The van der Waals surface area contributed by atoms with Crippen LogP contribution in [-0.2, 0) is 22.6 Å². The molecule has 7 nitrogen and oxygen atoms in total. The summed E-state index contributed by atoms with van der Waals surface area (Å²) in [6, 6.07) is 8.56. The normalized spacial score (nSPS) is 15.1. The van der Waals surface area contributed by atoms with Gasteiger partial charge in [0, 0.05) is 24.7 Å². The third-order valence-electron chi connectivity index (χ3n) is 5.60. The van der Waals surface area contributed by atoms with Crippen molar-refractivity contribution in [2.45, 2.75) is 32.6 Å². The first-order valence-electron chi connectivity index (χ1n) is 11.0. The Morgan fingerprint density at radius 1 is 1.17 bits per heavy atom. The molecular weight excluding hydrogens is 501 g/mol. The largest absolute Gasteiger partial charge is 0.487 e. The molecule has 3 aromatic rings. The fourth-order valence-corrected chi connectivity index (χ4v) is 3.98. The molecule has 1 fully saturated rings. The van der Waals surface area contributed by atoms with Crippen LogP contribution in [0.15, 0.2) is 47.3 Å². The van der Waals surface area contributed by atoms with Crippen molar-refractivity contribution in [1.29, 1.82) is 0 Å². The highest BCUT2D eigenvalue weighted by Gasteiger charge is 2.21. The molecule has 1 aromatic heterocycles. The maximum atomic E-state index is 14.3. The van der Waals surface area contributed by atoms with Crippen molar-refractivity contribution in [2.75, 3.05) is 13.2 Å². The van der Waals surface area contributed by atoms with E-state index < -0.39 is 34.8 Å². The molecule has 2 heterocycles. The molecule has 0 aliphatic carbocycles. The predicted octanol–water partition coefficient (Wildman–Crippen LogP) is 4.81. The molecule has 1 atom stereocenters. The van der Waals surface area contributed by atoms with Crippen LogP contribution in [0.4, 0.5) is 18.0 Å². The van der Waals surface area contributed by atoms with Gasteiger partial charge in [-0.05, 0) is 42.3 Å². The van der Waals surface area contributed by atoms with Crippen LogP contribution in [0.5, 0.6) is 5.75 Å². The first kappa shape index (κ1) is 25.6. The number of hydrogen-bond acceptors (Lipinski definition) is 5. The Labute approximate surface area is 209 Å². The Balaban J connectivity index is 1.51. The number of hydrogen-bond donors (Lipinski definition) is 1. The number of carbonyl (C=O) groups is 1. The minimum atomic E-state index is -0.924. The zero-order chi connectivity index (χ0) is 25.8. The quantitative estimate of drug-likeness (QED) is 0.482. The highest BCUT2D eigenvalue weighted by Crippen LogP contribution is 2.27. The Kier molecular flexibility index (Phi) is 7.85. The molecule has 2 aromatic carbocycles. The molecule has 0 spiro atoms. The maximum absolute atomic E-state index is 14.3. The minimum absolute atomic E-state index is 0.0176. The number of nitrogens with one attached hydrogen (secondary N) is 1. The standard InChI is InChI=1S/C25H22ClF3N2O5/c1-14-9-21(22(26)24(32)31(14)23-19(28)3-2-4-20(23)29)35-12-15-5-6-17(27)10-16(15)11-30-25(33)36-18-7-8-34-13-18/h2-6,9-10,18H,7-8,11-13H2,1H3,(H,30,33). The topological polar surface area (TPSA) is 78.8 Å². The van der Waals surface area contributed by atoms with Crippen molar-refractivity contribution < 1.29 is 32.2 Å². The van der Waals surface area contributed by atoms with Gasteiger partial charge in [0.2, 0.25) is 0 Å². The molecule has 1 N–H and O–H groups in total. The van der Waals surface area contributed by atoms with Gasteiger partial charge in [-0.25, -0.2) is 18.0 Å². The van der Waals surface area contributed by atoms with Gasteiger partial charge < -0.3 is 19.5 Å². The molecule has 190 valence electrons. The second-order valence-electron chi connectivity index (χ2n) is 8.12. The molecule has 1 amide bonds. The number of nitrogens with zero attached hydrogens (tertiary/aromatic N) is 1. The molecule has 0 radical (unpaired) electrons. The smallest absolute Gasteiger partial charge is 0.407 e. The number of aromatic nitrogens is 1. The molecule has 36 heavy (non-hydrogen) atoms. The summed E-state index contributed by atoms with van der Waals surface area (Å²) in [6.07, 6.45) is -0.385. The van der Waals surface area contributed by atoms with Gasteiger partial charge in [-0.2, -0.15) is 0 Å². The van der Waals surface area contributed by atoms with E-state index in [4.69, 9.17) is 25.8 Å². The molecule has 1 saturated heterocycles. The third kappa shape index (κ3) is 5.66. The average Bonchev–Trinajstić information content (AvgIpc) is 3.34. The van der Waals surface area contributed by atoms with E-state index in [1.807, 2.05) is 0 Å². The molecule has 4 rings (SSSR count). The van der Waals surface area contributed by atoms with Gasteiger partial charge in [-0.3, -0.25) is 9.36 Å². The van der Waals surface area contributed by atoms with E-state index in [2.05, 4.69) is 5.32 Å². The van der Waals surface area contributed by atoms with Crippen LogP contribution in [0.1, 0.15) is 23.2 Å². The van der Waals surface area contributed by atoms with Gasteiger partial charge in [0.1, 0.15) is 46.6 Å². The number of aryl methyl sites for hydroxylation is 1. The number of halogens is 4.